The molecule has 2 N–H and O–H groups in total. The molecule has 0 aliphatic heterocycles. The Morgan fingerprint density at radius 2 is 1.48 bits per heavy atom. The third kappa shape index (κ3) is 2.78. The summed E-state index contributed by atoms with van der Waals surface area (Å²) in [5, 5.41) is 20.5. The molecule has 0 aliphatic carbocycles. The summed E-state index contributed by atoms with van der Waals surface area (Å²) in [6.07, 6.45) is 0. The van der Waals surface area contributed by atoms with Crippen LogP contribution in [0, 0.1) is 0 Å². The van der Waals surface area contributed by atoms with Gasteiger partial charge in [0, 0.05) is 16.7 Å². The molecular formula is C18H16O5. The maximum absolute atomic E-state index is 12.0. The van der Waals surface area contributed by atoms with Gasteiger partial charge in [-0.05, 0) is 19.4 Å². The van der Waals surface area contributed by atoms with Crippen molar-refractivity contribution in [2.24, 2.45) is 0 Å². The topological polar surface area (TPSA) is 91.7 Å². The molecule has 0 spiro atoms. The van der Waals surface area contributed by atoms with E-state index in [1.165, 1.54) is 44.2 Å². The number of carbonyl (C=O) groups is 3. The van der Waals surface area contributed by atoms with Crippen molar-refractivity contribution < 1.29 is 24.6 Å². The molecule has 0 saturated heterocycles. The highest BCUT2D eigenvalue weighted by Crippen LogP contribution is 2.34. The number of rotatable bonds is 5. The first-order chi connectivity index (χ1) is 10.8. The van der Waals surface area contributed by atoms with Crippen molar-refractivity contribution in [1.82, 2.24) is 0 Å². The van der Waals surface area contributed by atoms with Crippen LogP contribution in [0.1, 0.15) is 45.7 Å². The maximum atomic E-state index is 12.0. The van der Waals surface area contributed by atoms with E-state index < -0.39 is 17.4 Å². The molecule has 0 saturated carbocycles. The minimum absolute atomic E-state index is 0.0752. The average molecular weight is 312 g/mol. The molecule has 1 atom stereocenters. The van der Waals surface area contributed by atoms with Gasteiger partial charge in [0.1, 0.15) is 0 Å². The first-order valence-electron chi connectivity index (χ1n) is 6.96. The van der Waals surface area contributed by atoms with Crippen molar-refractivity contribution in [3.05, 3.63) is 70.8 Å². The Hall–Kier alpha value is -2.79. The third-order valence-corrected chi connectivity index (χ3v) is 3.69. The number of aliphatic carboxylic acids is 1. The lowest BCUT2D eigenvalue weighted by Gasteiger charge is -2.27. The molecule has 5 nitrogen and oxygen atoms in total. The number of carbonyl (C=O) groups excluding carboxylic acids is 2. The minimum atomic E-state index is -2.42. The maximum Gasteiger partial charge on any atom is 0.345 e. The van der Waals surface area contributed by atoms with E-state index in [1.54, 1.807) is 18.2 Å². The fraction of sp³-hybridized carbons (Fsp3) is 0.167. The van der Waals surface area contributed by atoms with Crippen molar-refractivity contribution in [2.75, 3.05) is 0 Å². The van der Waals surface area contributed by atoms with Gasteiger partial charge in [0.15, 0.2) is 11.6 Å². The van der Waals surface area contributed by atoms with E-state index in [0.29, 0.717) is 0 Å². The molecule has 0 fully saturated rings. The fourth-order valence-electron chi connectivity index (χ4n) is 2.60. The molecule has 5 heteroatoms. The van der Waals surface area contributed by atoms with E-state index in [4.69, 9.17) is 0 Å². The highest BCUT2D eigenvalue weighted by atomic mass is 16.4. The van der Waals surface area contributed by atoms with Gasteiger partial charge in [-0.25, -0.2) is 4.79 Å². The van der Waals surface area contributed by atoms with Gasteiger partial charge in [0.2, 0.25) is 5.60 Å². The predicted molar refractivity (Wildman–Crippen MR) is 83.5 cm³/mol. The number of hydrogen-bond donors (Lipinski definition) is 2. The summed E-state index contributed by atoms with van der Waals surface area (Å²) in [6.45, 7) is 2.52. The van der Waals surface area contributed by atoms with Crippen LogP contribution in [0.25, 0.3) is 0 Å². The Kier molecular flexibility index (Phi) is 4.43. The molecule has 0 amide bonds. The second-order valence-corrected chi connectivity index (χ2v) is 5.22. The van der Waals surface area contributed by atoms with E-state index in [-0.39, 0.29) is 28.0 Å². The summed E-state index contributed by atoms with van der Waals surface area (Å²) in [4.78, 5) is 35.6. The standard InChI is InChI=1S/C18H16O5/c1-11(19)14-9-6-10-15(16(14)12(2)20)18(23,17(21)22)13-7-4-3-5-8-13/h3-10,23H,1-2H3,(H,21,22). The molecule has 0 radical (unpaired) electrons. The molecule has 0 aromatic heterocycles. The second-order valence-electron chi connectivity index (χ2n) is 5.22. The summed E-state index contributed by atoms with van der Waals surface area (Å²) in [6, 6.07) is 12.0. The van der Waals surface area contributed by atoms with Crippen LogP contribution < -0.4 is 0 Å². The van der Waals surface area contributed by atoms with Crippen molar-refractivity contribution in [1.29, 1.82) is 0 Å². The van der Waals surface area contributed by atoms with Crippen molar-refractivity contribution in [3.8, 4) is 0 Å². The number of aliphatic hydroxyl groups is 1. The Morgan fingerprint density at radius 1 is 0.870 bits per heavy atom. The van der Waals surface area contributed by atoms with Crippen LogP contribution in [0.2, 0.25) is 0 Å². The van der Waals surface area contributed by atoms with E-state index in [9.17, 15) is 24.6 Å². The third-order valence-electron chi connectivity index (χ3n) is 3.69. The lowest BCUT2D eigenvalue weighted by atomic mass is 9.80. The zero-order valence-electron chi connectivity index (χ0n) is 12.7. The Balaban J connectivity index is 2.86. The van der Waals surface area contributed by atoms with Gasteiger partial charge in [-0.1, -0.05) is 48.5 Å². The van der Waals surface area contributed by atoms with E-state index in [2.05, 4.69) is 0 Å². The molecule has 0 aliphatic rings. The van der Waals surface area contributed by atoms with Gasteiger partial charge in [-0.3, -0.25) is 9.59 Å². The minimum Gasteiger partial charge on any atom is -0.479 e. The average Bonchev–Trinajstić information content (AvgIpc) is 2.53. The molecule has 0 bridgehead atoms. The SMILES string of the molecule is CC(=O)c1cccc(C(O)(C(=O)O)c2ccccc2)c1C(C)=O. The number of benzene rings is 2. The Bertz CT molecular complexity index is 779. The summed E-state index contributed by atoms with van der Waals surface area (Å²) >= 11 is 0. The van der Waals surface area contributed by atoms with E-state index in [1.807, 2.05) is 0 Å². The Morgan fingerprint density at radius 3 is 1.96 bits per heavy atom. The predicted octanol–water partition coefficient (Wildman–Crippen LogP) is 2.41. The van der Waals surface area contributed by atoms with Gasteiger partial charge in [-0.2, -0.15) is 0 Å². The summed E-state index contributed by atoms with van der Waals surface area (Å²) in [5.41, 5.74) is -2.42. The van der Waals surface area contributed by atoms with Gasteiger partial charge in [-0.15, -0.1) is 0 Å². The van der Waals surface area contributed by atoms with E-state index >= 15 is 0 Å². The number of hydrogen-bond acceptors (Lipinski definition) is 4. The monoisotopic (exact) mass is 312 g/mol. The smallest absolute Gasteiger partial charge is 0.345 e. The van der Waals surface area contributed by atoms with Crippen LogP contribution in [0.4, 0.5) is 0 Å². The summed E-state index contributed by atoms with van der Waals surface area (Å²) in [7, 11) is 0. The number of Topliss-reactive ketones (excluding diaryl/α,β-unsaturated/α-hetero) is 2. The highest BCUT2D eigenvalue weighted by Gasteiger charge is 2.43. The van der Waals surface area contributed by atoms with Crippen molar-refractivity contribution in [2.45, 2.75) is 19.4 Å². The normalized spacial score (nSPS) is 13.2. The molecule has 118 valence electrons. The van der Waals surface area contributed by atoms with Crippen LogP contribution in [-0.4, -0.2) is 27.7 Å². The lowest BCUT2D eigenvalue weighted by molar-refractivity contribution is -0.155. The number of ketones is 2. The fourth-order valence-corrected chi connectivity index (χ4v) is 2.60. The molecule has 1 unspecified atom stereocenters. The van der Waals surface area contributed by atoms with E-state index in [0.717, 1.165) is 0 Å². The van der Waals surface area contributed by atoms with Crippen molar-refractivity contribution in [3.63, 3.8) is 0 Å². The summed E-state index contributed by atoms with van der Waals surface area (Å²) < 4.78 is 0. The van der Waals surface area contributed by atoms with Crippen LogP contribution >= 0.6 is 0 Å². The first-order valence-corrected chi connectivity index (χ1v) is 6.96. The van der Waals surface area contributed by atoms with Crippen LogP contribution in [0.3, 0.4) is 0 Å². The second kappa shape index (κ2) is 6.14. The molecule has 0 heterocycles. The summed E-state index contributed by atoms with van der Waals surface area (Å²) in [5.74, 6) is -2.38. The van der Waals surface area contributed by atoms with Crippen LogP contribution in [0.15, 0.2) is 48.5 Å². The number of carboxylic acid groups (broad SMARTS) is 1. The van der Waals surface area contributed by atoms with Crippen molar-refractivity contribution >= 4 is 17.5 Å². The molecule has 2 aromatic rings. The zero-order valence-corrected chi connectivity index (χ0v) is 12.7. The quantitative estimate of drug-likeness (QED) is 0.827. The molecule has 2 aromatic carbocycles. The zero-order chi connectivity index (χ0) is 17.2. The first kappa shape index (κ1) is 16.6. The molecular weight excluding hydrogens is 296 g/mol. The van der Waals surface area contributed by atoms with Gasteiger partial charge >= 0.3 is 5.97 Å². The lowest BCUT2D eigenvalue weighted by Crippen LogP contribution is -2.38. The van der Waals surface area contributed by atoms with Gasteiger partial charge in [0.25, 0.3) is 0 Å². The Labute approximate surface area is 133 Å². The van der Waals surface area contributed by atoms with Crippen LogP contribution in [0.5, 0.6) is 0 Å². The molecule has 2 rings (SSSR count). The van der Waals surface area contributed by atoms with Gasteiger partial charge in [0.05, 0.1) is 0 Å². The largest absolute Gasteiger partial charge is 0.479 e. The highest BCUT2D eigenvalue weighted by molar-refractivity contribution is 6.09. The molecule has 23 heavy (non-hydrogen) atoms. The van der Waals surface area contributed by atoms with Gasteiger partial charge < -0.3 is 10.2 Å². The number of carboxylic acids is 1. The van der Waals surface area contributed by atoms with Crippen LogP contribution in [-0.2, 0) is 10.4 Å².